The van der Waals surface area contributed by atoms with Gasteiger partial charge in [-0.05, 0) is 54.3 Å². The monoisotopic (exact) mass is 599 g/mol. The van der Waals surface area contributed by atoms with Crippen LogP contribution in [0.4, 0.5) is 0 Å². The minimum absolute atomic E-state index is 0.0404. The molecular weight excluding hydrogens is 570 g/mol. The third-order valence-electron chi connectivity index (χ3n) is 6.71. The molecule has 1 amide bonds. The largest absolute Gasteiger partial charge is 0.598 e. The lowest BCUT2D eigenvalue weighted by Crippen LogP contribution is -2.32. The number of pyridine rings is 1. The Hall–Kier alpha value is -2.63. The number of fused-ring (bicyclic) bond motifs is 2. The van der Waals surface area contributed by atoms with Gasteiger partial charge in [0.25, 0.3) is 5.91 Å². The van der Waals surface area contributed by atoms with E-state index in [1.165, 1.54) is 0 Å². The topological polar surface area (TPSA) is 107 Å². The fourth-order valence-corrected chi connectivity index (χ4v) is 6.79. The van der Waals surface area contributed by atoms with Crippen molar-refractivity contribution in [3.63, 3.8) is 0 Å². The zero-order chi connectivity index (χ0) is 26.6. The summed E-state index contributed by atoms with van der Waals surface area (Å²) in [7, 11) is 0. The summed E-state index contributed by atoms with van der Waals surface area (Å²) >= 11 is 2.34. The van der Waals surface area contributed by atoms with Crippen molar-refractivity contribution in [1.29, 1.82) is 0 Å². The maximum absolute atomic E-state index is 13.3. The van der Waals surface area contributed by atoms with E-state index in [9.17, 15) is 14.5 Å². The zero-order valence-corrected chi connectivity index (χ0v) is 23.5. The van der Waals surface area contributed by atoms with Crippen LogP contribution in [0.5, 0.6) is 11.5 Å². The molecule has 2 aliphatic rings. The summed E-state index contributed by atoms with van der Waals surface area (Å²) < 4.78 is 26.9. The number of hydrogen-bond acceptors (Lipinski definition) is 7. The molecule has 2 N–H and O–H groups in total. The number of amides is 1. The highest BCUT2D eigenvalue weighted by molar-refractivity contribution is 9.10. The van der Waals surface area contributed by atoms with E-state index in [4.69, 9.17) is 14.5 Å². The molecule has 0 unspecified atom stereocenters. The van der Waals surface area contributed by atoms with Crippen molar-refractivity contribution in [3.05, 3.63) is 75.4 Å². The van der Waals surface area contributed by atoms with Crippen molar-refractivity contribution in [2.24, 2.45) is 0 Å². The van der Waals surface area contributed by atoms with E-state index < -0.39 is 11.4 Å². The first-order valence-electron chi connectivity index (χ1n) is 12.7. The molecule has 0 radical (unpaired) electrons. The van der Waals surface area contributed by atoms with E-state index in [0.29, 0.717) is 48.2 Å². The fourth-order valence-electron chi connectivity index (χ4n) is 4.84. The quantitative estimate of drug-likeness (QED) is 0.320. The molecule has 8 nitrogen and oxygen atoms in total. The predicted molar refractivity (Wildman–Crippen MR) is 149 cm³/mol. The summed E-state index contributed by atoms with van der Waals surface area (Å²) in [5, 5.41) is 12.8. The molecule has 0 aliphatic carbocycles. The second-order valence-corrected chi connectivity index (χ2v) is 11.7. The average Bonchev–Trinajstić information content (AvgIpc) is 3.54. The first kappa shape index (κ1) is 27.0. The van der Waals surface area contributed by atoms with Crippen molar-refractivity contribution < 1.29 is 23.9 Å². The first-order chi connectivity index (χ1) is 18.5. The number of aliphatic hydroxyl groups is 1. The van der Waals surface area contributed by atoms with Crippen LogP contribution < -0.4 is 14.8 Å². The Morgan fingerprint density at radius 1 is 1.24 bits per heavy atom. The van der Waals surface area contributed by atoms with Gasteiger partial charge in [0.2, 0.25) is 6.79 Å². The Kier molecular flexibility index (Phi) is 8.54. The van der Waals surface area contributed by atoms with Gasteiger partial charge in [-0.1, -0.05) is 47.5 Å². The Morgan fingerprint density at radius 2 is 2.08 bits per heavy atom. The third-order valence-corrected chi connectivity index (χ3v) is 8.75. The number of rotatable bonds is 10. The summed E-state index contributed by atoms with van der Waals surface area (Å²) in [6.45, 7) is 2.97. The van der Waals surface area contributed by atoms with Crippen molar-refractivity contribution in [2.75, 3.05) is 19.2 Å². The van der Waals surface area contributed by atoms with Gasteiger partial charge in [0.1, 0.15) is 11.4 Å². The van der Waals surface area contributed by atoms with E-state index in [0.717, 1.165) is 39.6 Å². The Bertz CT molecular complexity index is 1320. The van der Waals surface area contributed by atoms with Crippen LogP contribution >= 0.6 is 15.9 Å². The maximum Gasteiger partial charge on any atom is 0.270 e. The predicted octanol–water partition coefficient (Wildman–Crippen LogP) is 4.87. The van der Waals surface area contributed by atoms with E-state index in [2.05, 4.69) is 28.2 Å². The molecular formula is C28H30BrN3O5S. The van der Waals surface area contributed by atoms with E-state index in [1.54, 1.807) is 6.07 Å². The summed E-state index contributed by atoms with van der Waals surface area (Å²) in [6.07, 6.45) is 2.24. The fraction of sp³-hybridized carbons (Fsp3) is 0.357. The van der Waals surface area contributed by atoms with Crippen molar-refractivity contribution in [3.8, 4) is 22.8 Å². The highest BCUT2D eigenvalue weighted by Crippen LogP contribution is 2.43. The van der Waals surface area contributed by atoms with Gasteiger partial charge in [-0.3, -0.25) is 4.79 Å². The normalized spacial score (nSPS) is 16.9. The number of aliphatic hydroxyl groups excluding tert-OH is 1. The molecule has 2 atom stereocenters. The first-order valence-corrected chi connectivity index (χ1v) is 14.8. The number of nitrogens with one attached hydrogen (secondary N) is 1. The Morgan fingerprint density at radius 3 is 2.87 bits per heavy atom. The van der Waals surface area contributed by atoms with Gasteiger partial charge in [0, 0.05) is 40.1 Å². The number of carbonyl (C=O) groups excluding carboxylic acids is 1. The van der Waals surface area contributed by atoms with Gasteiger partial charge in [0.05, 0.1) is 18.3 Å². The van der Waals surface area contributed by atoms with E-state index in [1.807, 2.05) is 46.8 Å². The van der Waals surface area contributed by atoms with Gasteiger partial charge in [-0.15, -0.1) is 4.31 Å². The molecule has 1 aromatic heterocycles. The van der Waals surface area contributed by atoms with Crippen LogP contribution in [-0.2, 0) is 24.5 Å². The minimum Gasteiger partial charge on any atom is -0.598 e. The van der Waals surface area contributed by atoms with E-state index >= 15 is 0 Å². The van der Waals surface area contributed by atoms with Crippen LogP contribution in [0.15, 0.2) is 53.0 Å². The summed E-state index contributed by atoms with van der Waals surface area (Å²) in [6, 6.07) is 14.9. The van der Waals surface area contributed by atoms with Crippen LogP contribution in [-0.4, -0.2) is 44.0 Å². The molecule has 2 aliphatic heterocycles. The van der Waals surface area contributed by atoms with Crippen LogP contribution in [0.25, 0.3) is 11.3 Å². The molecule has 0 spiro atoms. The Labute approximate surface area is 233 Å². The lowest BCUT2D eigenvalue weighted by molar-refractivity contribution is 0.0946. The highest BCUT2D eigenvalue weighted by Gasteiger charge is 2.40. The van der Waals surface area contributed by atoms with Crippen molar-refractivity contribution >= 4 is 33.2 Å². The molecule has 38 heavy (non-hydrogen) atoms. The zero-order valence-electron chi connectivity index (χ0n) is 21.1. The number of aromatic nitrogens is 1. The summed E-state index contributed by atoms with van der Waals surface area (Å²) in [5.41, 5.74) is 4.54. The third kappa shape index (κ3) is 5.69. The number of halogens is 1. The van der Waals surface area contributed by atoms with Crippen LogP contribution in [0.2, 0.25) is 0 Å². The molecule has 3 aromatic rings. The summed E-state index contributed by atoms with van der Waals surface area (Å²) in [4.78, 5) is 18.1. The van der Waals surface area contributed by atoms with Crippen molar-refractivity contribution in [2.45, 2.75) is 45.3 Å². The summed E-state index contributed by atoms with van der Waals surface area (Å²) in [5.74, 6) is 1.62. The molecule has 0 saturated carbocycles. The second kappa shape index (κ2) is 12.0. The number of nitrogens with zero attached hydrogens (tertiary/aromatic N) is 2. The van der Waals surface area contributed by atoms with E-state index in [-0.39, 0.29) is 25.3 Å². The van der Waals surface area contributed by atoms with Gasteiger partial charge in [-0.2, -0.15) is 0 Å². The number of carbonyl (C=O) groups is 1. The minimum atomic E-state index is -1.21. The van der Waals surface area contributed by atoms with Crippen molar-refractivity contribution in [1.82, 2.24) is 14.6 Å². The number of ether oxygens (including phenoxy) is 2. The van der Waals surface area contributed by atoms with Crippen LogP contribution in [0.1, 0.15) is 59.4 Å². The second-order valence-electron chi connectivity index (χ2n) is 9.29. The molecule has 10 heteroatoms. The SMILES string of the molecule is CCCC[S@@+]([O-])N1Cc2cc(C(=O)NCc3ccc4c(c3)OCO4)nc(-c3cccc(Br)c3)c2[C@H]1CCO. The number of unbranched alkanes of at least 4 members (excludes halogenated alkanes) is 1. The average molecular weight is 601 g/mol. The smallest absolute Gasteiger partial charge is 0.270 e. The van der Waals surface area contributed by atoms with Gasteiger partial charge >= 0.3 is 0 Å². The molecule has 0 fully saturated rings. The molecule has 3 heterocycles. The van der Waals surface area contributed by atoms with Crippen LogP contribution in [0.3, 0.4) is 0 Å². The lowest BCUT2D eigenvalue weighted by Gasteiger charge is -2.26. The number of hydrogen-bond donors (Lipinski definition) is 2. The number of benzene rings is 2. The molecule has 5 rings (SSSR count). The molecule has 0 saturated heterocycles. The van der Waals surface area contributed by atoms with Gasteiger partial charge in [-0.25, -0.2) is 4.98 Å². The molecule has 0 bridgehead atoms. The standard InChI is InChI=1S/C28H30BrN3O5S/c1-2-3-11-38(35)32-16-20-14-22(28(34)30-15-18-7-8-24-25(12-18)37-17-36-24)31-27(26(20)23(32)9-10-33)19-5-4-6-21(29)13-19/h4-8,12-14,23,33H,2-3,9-11,15-17H2,1H3,(H,30,34)/t23-,38-/m1/s1. The van der Waals surface area contributed by atoms with Crippen LogP contribution in [0, 0.1) is 0 Å². The lowest BCUT2D eigenvalue weighted by atomic mass is 9.96. The van der Waals surface area contributed by atoms with Gasteiger partial charge in [0.15, 0.2) is 11.5 Å². The highest BCUT2D eigenvalue weighted by atomic mass is 79.9. The molecule has 2 aromatic carbocycles. The maximum atomic E-state index is 13.3. The van der Waals surface area contributed by atoms with Gasteiger partial charge < -0.3 is 24.4 Å². The Balaban J connectivity index is 1.47. The molecule has 200 valence electrons.